The Morgan fingerprint density at radius 1 is 1.25 bits per heavy atom. The van der Waals surface area contributed by atoms with Gasteiger partial charge in [0.1, 0.15) is 18.1 Å². The van der Waals surface area contributed by atoms with Gasteiger partial charge in [0.15, 0.2) is 0 Å². The summed E-state index contributed by atoms with van der Waals surface area (Å²) in [7, 11) is 1.63. The van der Waals surface area contributed by atoms with E-state index in [1.165, 1.54) is 6.92 Å². The number of hydrogen-bond donors (Lipinski definition) is 1. The third-order valence-electron chi connectivity index (χ3n) is 5.27. The molecule has 0 bridgehead atoms. The molecule has 0 spiro atoms. The van der Waals surface area contributed by atoms with E-state index in [4.69, 9.17) is 14.0 Å². The Kier molecular flexibility index (Phi) is 7.08. The molecule has 1 aliphatic rings. The fourth-order valence-corrected chi connectivity index (χ4v) is 3.77. The number of ether oxygens (including phenoxy) is 2. The Labute approximate surface area is 186 Å². The molecule has 1 aromatic carbocycles. The molecule has 1 saturated heterocycles. The summed E-state index contributed by atoms with van der Waals surface area (Å²) >= 11 is 0. The molecule has 3 heterocycles. The number of carbonyl (C=O) groups excluding carboxylic acids is 1. The number of rotatable bonds is 9. The second-order valence-electron chi connectivity index (χ2n) is 7.68. The summed E-state index contributed by atoms with van der Waals surface area (Å²) in [4.78, 5) is 22.5. The first-order chi connectivity index (χ1) is 15.6. The number of likely N-dealkylation sites (tertiary alicyclic amines) is 1. The van der Waals surface area contributed by atoms with Gasteiger partial charge in [-0.05, 0) is 43.1 Å². The van der Waals surface area contributed by atoms with Gasteiger partial charge in [0.05, 0.1) is 12.6 Å². The van der Waals surface area contributed by atoms with Crippen molar-refractivity contribution < 1.29 is 18.8 Å². The molecule has 4 rings (SSSR count). The number of methoxy groups -OCH3 is 1. The lowest BCUT2D eigenvalue weighted by Crippen LogP contribution is -2.23. The highest BCUT2D eigenvalue weighted by atomic mass is 16.5. The molecule has 0 radical (unpaired) electrons. The van der Waals surface area contributed by atoms with Crippen LogP contribution in [-0.4, -0.2) is 52.8 Å². The zero-order valence-electron chi connectivity index (χ0n) is 18.3. The molecule has 32 heavy (non-hydrogen) atoms. The van der Waals surface area contributed by atoms with Crippen LogP contribution in [-0.2, 0) is 16.1 Å². The number of benzene rings is 1. The Balaban J connectivity index is 1.43. The van der Waals surface area contributed by atoms with Crippen molar-refractivity contribution in [2.24, 2.45) is 0 Å². The van der Waals surface area contributed by atoms with Crippen molar-refractivity contribution in [1.29, 1.82) is 0 Å². The van der Waals surface area contributed by atoms with Crippen LogP contribution < -0.4 is 10.1 Å². The summed E-state index contributed by atoms with van der Waals surface area (Å²) in [5, 5.41) is 6.94. The Bertz CT molecular complexity index is 1040. The maximum atomic E-state index is 11.2. The van der Waals surface area contributed by atoms with Crippen molar-refractivity contribution in [3.63, 3.8) is 0 Å². The normalized spacial score (nSPS) is 16.2. The molecule has 9 nitrogen and oxygen atoms in total. The number of pyridine rings is 1. The molecular weight excluding hydrogens is 410 g/mol. The molecule has 168 valence electrons. The van der Waals surface area contributed by atoms with E-state index in [0.29, 0.717) is 36.4 Å². The zero-order valence-corrected chi connectivity index (χ0v) is 18.3. The number of nitrogens with zero attached hydrogens (tertiary/aromatic N) is 4. The maximum absolute atomic E-state index is 11.2. The zero-order chi connectivity index (χ0) is 22.3. The highest BCUT2D eigenvalue weighted by Gasteiger charge is 2.31. The quantitative estimate of drug-likeness (QED) is 0.508. The number of aromatic nitrogens is 3. The molecule has 1 aliphatic heterocycles. The summed E-state index contributed by atoms with van der Waals surface area (Å²) in [5.74, 6) is 1.65. The lowest BCUT2D eigenvalue weighted by Gasteiger charge is -2.21. The van der Waals surface area contributed by atoms with Gasteiger partial charge in [-0.15, -0.1) is 0 Å². The molecule has 0 aliphatic carbocycles. The highest BCUT2D eigenvalue weighted by molar-refractivity contribution is 5.88. The minimum absolute atomic E-state index is 0.0624. The predicted molar refractivity (Wildman–Crippen MR) is 118 cm³/mol. The molecular formula is C23H27N5O4. The van der Waals surface area contributed by atoms with Gasteiger partial charge in [0.2, 0.25) is 17.6 Å². The molecule has 1 atom stereocenters. The van der Waals surface area contributed by atoms with Gasteiger partial charge < -0.3 is 19.3 Å². The highest BCUT2D eigenvalue weighted by Crippen LogP contribution is 2.33. The van der Waals surface area contributed by atoms with Crippen molar-refractivity contribution in [1.82, 2.24) is 20.0 Å². The first kappa shape index (κ1) is 21.9. The molecule has 2 aromatic heterocycles. The van der Waals surface area contributed by atoms with E-state index in [0.717, 1.165) is 37.2 Å². The minimum atomic E-state index is -0.0777. The lowest BCUT2D eigenvalue weighted by molar-refractivity contribution is -0.114. The molecule has 1 amide bonds. The van der Waals surface area contributed by atoms with Crippen LogP contribution in [0.25, 0.3) is 11.5 Å². The average Bonchev–Trinajstić information content (AvgIpc) is 3.45. The number of anilines is 1. The fraction of sp³-hybridized carbons (Fsp3) is 0.391. The topological polar surface area (TPSA) is 103 Å². The average molecular weight is 438 g/mol. The smallest absolute Gasteiger partial charge is 0.244 e. The van der Waals surface area contributed by atoms with E-state index in [2.05, 4.69) is 25.3 Å². The van der Waals surface area contributed by atoms with Crippen LogP contribution in [0.3, 0.4) is 0 Å². The van der Waals surface area contributed by atoms with Crippen molar-refractivity contribution in [3.05, 3.63) is 54.0 Å². The van der Waals surface area contributed by atoms with Crippen molar-refractivity contribution in [2.45, 2.75) is 32.4 Å². The van der Waals surface area contributed by atoms with Gasteiger partial charge in [-0.2, -0.15) is 4.98 Å². The van der Waals surface area contributed by atoms with Crippen LogP contribution >= 0.6 is 0 Å². The van der Waals surface area contributed by atoms with Crippen LogP contribution in [0, 0.1) is 0 Å². The predicted octanol–water partition coefficient (Wildman–Crippen LogP) is 3.45. The van der Waals surface area contributed by atoms with Gasteiger partial charge in [-0.1, -0.05) is 17.3 Å². The van der Waals surface area contributed by atoms with Crippen LogP contribution in [0.2, 0.25) is 0 Å². The Morgan fingerprint density at radius 2 is 2.09 bits per heavy atom. The van der Waals surface area contributed by atoms with E-state index in [9.17, 15) is 4.79 Å². The second kappa shape index (κ2) is 10.3. The number of carbonyl (C=O) groups is 1. The Morgan fingerprint density at radius 3 is 2.88 bits per heavy atom. The molecule has 9 heteroatoms. The third-order valence-corrected chi connectivity index (χ3v) is 5.27. The second-order valence-corrected chi connectivity index (χ2v) is 7.68. The fourth-order valence-electron chi connectivity index (χ4n) is 3.77. The lowest BCUT2D eigenvalue weighted by atomic mass is 10.1. The summed E-state index contributed by atoms with van der Waals surface area (Å²) < 4.78 is 16.3. The van der Waals surface area contributed by atoms with Crippen molar-refractivity contribution in [3.8, 4) is 17.3 Å². The number of hydrogen-bond acceptors (Lipinski definition) is 8. The van der Waals surface area contributed by atoms with Crippen LogP contribution in [0.15, 0.2) is 47.1 Å². The van der Waals surface area contributed by atoms with E-state index in [1.807, 2.05) is 24.3 Å². The van der Waals surface area contributed by atoms with Gasteiger partial charge in [0, 0.05) is 38.5 Å². The summed E-state index contributed by atoms with van der Waals surface area (Å²) in [6, 6.07) is 11.5. The first-order valence-corrected chi connectivity index (χ1v) is 10.6. The summed E-state index contributed by atoms with van der Waals surface area (Å²) in [6.07, 6.45) is 3.69. The molecule has 1 fully saturated rings. The van der Waals surface area contributed by atoms with E-state index >= 15 is 0 Å². The Hall–Kier alpha value is -3.30. The maximum Gasteiger partial charge on any atom is 0.244 e. The first-order valence-electron chi connectivity index (χ1n) is 10.6. The van der Waals surface area contributed by atoms with Crippen molar-refractivity contribution in [2.75, 3.05) is 32.2 Å². The van der Waals surface area contributed by atoms with Gasteiger partial charge in [-0.3, -0.25) is 14.7 Å². The monoisotopic (exact) mass is 437 g/mol. The number of amides is 1. The largest absolute Gasteiger partial charge is 0.491 e. The summed E-state index contributed by atoms with van der Waals surface area (Å²) in [6.45, 7) is 4.19. The van der Waals surface area contributed by atoms with Crippen LogP contribution in [0.5, 0.6) is 5.75 Å². The molecule has 3 aromatic rings. The SMILES string of the molecule is COCCOc1ccnc(-c2noc(C3CCCN3Cc3ccc(NC(C)=O)cc3)n2)c1. The molecule has 0 saturated carbocycles. The van der Waals surface area contributed by atoms with Gasteiger partial charge >= 0.3 is 0 Å². The van der Waals surface area contributed by atoms with Gasteiger partial charge in [0.25, 0.3) is 0 Å². The number of nitrogens with one attached hydrogen (secondary N) is 1. The third kappa shape index (κ3) is 5.49. The minimum Gasteiger partial charge on any atom is -0.491 e. The van der Waals surface area contributed by atoms with Gasteiger partial charge in [-0.25, -0.2) is 0 Å². The van der Waals surface area contributed by atoms with E-state index in [1.54, 1.807) is 25.4 Å². The molecule has 1 N–H and O–H groups in total. The standard InChI is InChI=1S/C23H27N5O4/c1-16(29)25-18-7-5-17(6-8-18)15-28-11-3-4-21(28)23-26-22(27-32-23)20-14-19(9-10-24-20)31-13-12-30-2/h5-10,14,21H,3-4,11-13,15H2,1-2H3,(H,25,29). The van der Waals surface area contributed by atoms with E-state index in [-0.39, 0.29) is 11.9 Å². The van der Waals surface area contributed by atoms with Crippen LogP contribution in [0.4, 0.5) is 5.69 Å². The van der Waals surface area contributed by atoms with E-state index < -0.39 is 0 Å². The van der Waals surface area contributed by atoms with Crippen molar-refractivity contribution >= 4 is 11.6 Å². The summed E-state index contributed by atoms with van der Waals surface area (Å²) in [5.41, 5.74) is 2.56. The molecule has 1 unspecified atom stereocenters. The van der Waals surface area contributed by atoms with Crippen LogP contribution in [0.1, 0.15) is 37.3 Å².